The van der Waals surface area contributed by atoms with E-state index in [0.717, 1.165) is 0 Å². The van der Waals surface area contributed by atoms with Gasteiger partial charge in [-0.1, -0.05) is 18.2 Å². The van der Waals surface area contributed by atoms with Crippen LogP contribution in [0.2, 0.25) is 0 Å². The Morgan fingerprint density at radius 3 is 2.31 bits per heavy atom. The van der Waals surface area contributed by atoms with E-state index in [0.29, 0.717) is 47.0 Å². The Balaban J connectivity index is 1.43. The van der Waals surface area contributed by atoms with E-state index in [1.807, 2.05) is 0 Å². The highest BCUT2D eigenvalue weighted by Gasteiger charge is 2.35. The molecule has 0 saturated carbocycles. The summed E-state index contributed by atoms with van der Waals surface area (Å²) in [6, 6.07) is 13.4. The van der Waals surface area contributed by atoms with Crippen LogP contribution in [-0.4, -0.2) is 52.8 Å². The van der Waals surface area contributed by atoms with E-state index in [-0.39, 0.29) is 24.3 Å². The predicted octanol–water partition coefficient (Wildman–Crippen LogP) is 2.12. The molecule has 1 aliphatic heterocycles. The number of rotatable bonds is 8. The van der Waals surface area contributed by atoms with E-state index in [4.69, 9.17) is 4.74 Å². The Morgan fingerprint density at radius 1 is 0.969 bits per heavy atom. The first-order valence-electron chi connectivity index (χ1n) is 9.99. The molecule has 0 saturated heterocycles. The number of nitrogens with one attached hydrogen (secondary N) is 2. The zero-order valence-electron chi connectivity index (χ0n) is 17.4. The van der Waals surface area contributed by atoms with Crippen molar-refractivity contribution >= 4 is 23.7 Å². The number of ether oxygens (including phenoxy) is 1. The fourth-order valence-corrected chi connectivity index (χ4v) is 3.43. The first-order valence-corrected chi connectivity index (χ1v) is 9.99. The molecule has 0 unspecified atom stereocenters. The van der Waals surface area contributed by atoms with Gasteiger partial charge in [0.25, 0.3) is 17.7 Å². The Kier molecular flexibility index (Phi) is 6.07. The van der Waals surface area contributed by atoms with Crippen molar-refractivity contribution in [3.8, 4) is 5.75 Å². The van der Waals surface area contributed by atoms with Gasteiger partial charge in [0.15, 0.2) is 0 Å². The summed E-state index contributed by atoms with van der Waals surface area (Å²) >= 11 is 0. The van der Waals surface area contributed by atoms with Gasteiger partial charge >= 0.3 is 0 Å². The van der Waals surface area contributed by atoms with Crippen LogP contribution in [-0.2, 0) is 6.54 Å². The summed E-state index contributed by atoms with van der Waals surface area (Å²) in [4.78, 5) is 47.3. The van der Waals surface area contributed by atoms with E-state index in [9.17, 15) is 14.4 Å². The van der Waals surface area contributed by atoms with Crippen molar-refractivity contribution in [2.45, 2.75) is 6.54 Å². The summed E-state index contributed by atoms with van der Waals surface area (Å²) in [5, 5.41) is 5.82. The highest BCUT2D eigenvalue weighted by atomic mass is 16.5. The minimum atomic E-state index is -0.346. The third-order valence-electron chi connectivity index (χ3n) is 4.99. The normalized spacial score (nSPS) is 12.5. The van der Waals surface area contributed by atoms with Crippen LogP contribution in [0.4, 0.5) is 5.95 Å². The lowest BCUT2D eigenvalue weighted by Gasteiger charge is -2.16. The van der Waals surface area contributed by atoms with Crippen molar-refractivity contribution in [3.63, 3.8) is 0 Å². The maximum absolute atomic E-state index is 12.7. The maximum atomic E-state index is 12.7. The highest BCUT2D eigenvalue weighted by Crippen LogP contribution is 2.26. The zero-order chi connectivity index (χ0) is 22.5. The molecule has 1 aromatic heterocycles. The molecule has 9 nitrogen and oxygen atoms in total. The van der Waals surface area contributed by atoms with Crippen molar-refractivity contribution in [1.82, 2.24) is 20.2 Å². The molecular formula is C23H21N5O4. The van der Waals surface area contributed by atoms with Crippen molar-refractivity contribution in [2.75, 3.05) is 25.5 Å². The molecule has 2 heterocycles. The molecule has 0 aliphatic carbocycles. The first-order chi connectivity index (χ1) is 15.6. The predicted molar refractivity (Wildman–Crippen MR) is 116 cm³/mol. The van der Waals surface area contributed by atoms with Crippen LogP contribution >= 0.6 is 0 Å². The number of carbonyl (C=O) groups excluding carboxylic acids is 3. The molecule has 0 fully saturated rings. The lowest BCUT2D eigenvalue weighted by atomic mass is 10.1. The third-order valence-corrected chi connectivity index (χ3v) is 4.99. The van der Waals surface area contributed by atoms with Gasteiger partial charge in [-0.15, -0.1) is 0 Å². The molecule has 9 heteroatoms. The fraction of sp³-hybridized carbons (Fsp3) is 0.174. The second-order valence-corrected chi connectivity index (χ2v) is 7.03. The quantitative estimate of drug-likeness (QED) is 0.415. The number of fused-ring (bicyclic) bond motifs is 1. The SMILES string of the molecule is COc1ccc(CN2C(=O)c3ccccc3C2=O)cc1C(=O)NCCNc1ncccn1. The molecule has 0 atom stereocenters. The van der Waals surface area contributed by atoms with Crippen LogP contribution < -0.4 is 15.4 Å². The summed E-state index contributed by atoms with van der Waals surface area (Å²) in [6.07, 6.45) is 3.25. The lowest BCUT2D eigenvalue weighted by Crippen LogP contribution is -2.30. The average Bonchev–Trinajstić information content (AvgIpc) is 3.07. The molecule has 2 aromatic carbocycles. The number of imide groups is 1. The number of benzene rings is 2. The Hall–Kier alpha value is -4.27. The number of anilines is 1. The van der Waals surface area contributed by atoms with Gasteiger partial charge in [-0.2, -0.15) is 0 Å². The van der Waals surface area contributed by atoms with Gasteiger partial charge in [0.05, 0.1) is 30.3 Å². The number of methoxy groups -OCH3 is 1. The second-order valence-electron chi connectivity index (χ2n) is 7.03. The number of hydrogen-bond donors (Lipinski definition) is 2. The number of nitrogens with zero attached hydrogens (tertiary/aromatic N) is 3. The minimum Gasteiger partial charge on any atom is -0.496 e. The van der Waals surface area contributed by atoms with Gasteiger partial charge in [-0.25, -0.2) is 9.97 Å². The van der Waals surface area contributed by atoms with Crippen LogP contribution in [0.25, 0.3) is 0 Å². The summed E-state index contributed by atoms with van der Waals surface area (Å²) in [5.41, 5.74) is 1.73. The second kappa shape index (κ2) is 9.25. The molecule has 0 spiro atoms. The Bertz CT molecular complexity index is 1130. The van der Waals surface area contributed by atoms with Gasteiger partial charge in [-0.05, 0) is 35.9 Å². The fourth-order valence-electron chi connectivity index (χ4n) is 3.43. The van der Waals surface area contributed by atoms with Gasteiger partial charge < -0.3 is 15.4 Å². The van der Waals surface area contributed by atoms with Gasteiger partial charge in [0.2, 0.25) is 5.95 Å². The van der Waals surface area contributed by atoms with E-state index in [1.54, 1.807) is 60.9 Å². The molecule has 3 amide bonds. The lowest BCUT2D eigenvalue weighted by molar-refractivity contribution is 0.0642. The molecule has 32 heavy (non-hydrogen) atoms. The summed E-state index contributed by atoms with van der Waals surface area (Å²) in [5.74, 6) is -0.152. The first kappa shape index (κ1) is 21.0. The molecule has 2 N–H and O–H groups in total. The molecular weight excluding hydrogens is 410 g/mol. The number of hydrogen-bond acceptors (Lipinski definition) is 7. The molecule has 162 valence electrons. The van der Waals surface area contributed by atoms with Gasteiger partial charge in [0, 0.05) is 25.5 Å². The standard InChI is InChI=1S/C23H21N5O4/c1-32-19-8-7-15(14-28-21(30)16-5-2-3-6-17(16)22(28)31)13-18(19)20(29)24-11-12-27-23-25-9-4-10-26-23/h2-10,13H,11-12,14H2,1H3,(H,24,29)(H,25,26,27). The van der Waals surface area contributed by atoms with Gasteiger partial charge in [0.1, 0.15) is 5.75 Å². The summed E-state index contributed by atoms with van der Waals surface area (Å²) in [6.45, 7) is 0.833. The topological polar surface area (TPSA) is 114 Å². The van der Waals surface area contributed by atoms with Crippen molar-refractivity contribution in [2.24, 2.45) is 0 Å². The monoisotopic (exact) mass is 431 g/mol. The zero-order valence-corrected chi connectivity index (χ0v) is 17.4. The number of amides is 3. The largest absolute Gasteiger partial charge is 0.496 e. The van der Waals surface area contributed by atoms with Crippen molar-refractivity contribution in [3.05, 3.63) is 83.2 Å². The minimum absolute atomic E-state index is 0.0591. The Labute approximate surface area is 184 Å². The van der Waals surface area contributed by atoms with Gasteiger partial charge in [-0.3, -0.25) is 19.3 Å². The van der Waals surface area contributed by atoms with Crippen LogP contribution in [0.5, 0.6) is 5.75 Å². The molecule has 0 radical (unpaired) electrons. The van der Waals surface area contributed by atoms with E-state index >= 15 is 0 Å². The van der Waals surface area contributed by atoms with Crippen LogP contribution in [0, 0.1) is 0 Å². The Morgan fingerprint density at radius 2 is 1.66 bits per heavy atom. The van der Waals surface area contributed by atoms with Crippen LogP contribution in [0.15, 0.2) is 60.9 Å². The molecule has 0 bridgehead atoms. The van der Waals surface area contributed by atoms with Crippen molar-refractivity contribution < 1.29 is 19.1 Å². The maximum Gasteiger partial charge on any atom is 0.261 e. The summed E-state index contributed by atoms with van der Waals surface area (Å²) < 4.78 is 5.32. The van der Waals surface area contributed by atoms with Crippen LogP contribution in [0.1, 0.15) is 36.6 Å². The van der Waals surface area contributed by atoms with E-state index in [2.05, 4.69) is 20.6 Å². The average molecular weight is 431 g/mol. The van der Waals surface area contributed by atoms with E-state index in [1.165, 1.54) is 12.0 Å². The highest BCUT2D eigenvalue weighted by molar-refractivity contribution is 6.21. The van der Waals surface area contributed by atoms with E-state index < -0.39 is 0 Å². The molecule has 4 rings (SSSR count). The van der Waals surface area contributed by atoms with Crippen LogP contribution in [0.3, 0.4) is 0 Å². The summed E-state index contributed by atoms with van der Waals surface area (Å²) in [7, 11) is 1.48. The smallest absolute Gasteiger partial charge is 0.261 e. The third kappa shape index (κ3) is 4.27. The molecule has 1 aliphatic rings. The number of carbonyl (C=O) groups is 3. The molecule has 3 aromatic rings. The van der Waals surface area contributed by atoms with Crippen molar-refractivity contribution in [1.29, 1.82) is 0 Å². The number of aromatic nitrogens is 2.